The number of aryl methyl sites for hydroxylation is 1. The molecule has 7 heteroatoms. The summed E-state index contributed by atoms with van der Waals surface area (Å²) in [5.74, 6) is -1.41. The number of benzene rings is 2. The molecule has 1 aliphatic heterocycles. The largest absolute Gasteiger partial charge is 0.324 e. The van der Waals surface area contributed by atoms with E-state index >= 15 is 0 Å². The van der Waals surface area contributed by atoms with Crippen LogP contribution in [0.25, 0.3) is 11.3 Å². The van der Waals surface area contributed by atoms with Crippen molar-refractivity contribution >= 4 is 23.4 Å². The van der Waals surface area contributed by atoms with Gasteiger partial charge in [0.15, 0.2) is 0 Å². The summed E-state index contributed by atoms with van der Waals surface area (Å²) in [5, 5.41) is 2.75. The van der Waals surface area contributed by atoms with E-state index in [1.54, 1.807) is 36.4 Å². The first kappa shape index (κ1) is 19.4. The molecule has 4 rings (SSSR count). The molecule has 2 aromatic carbocycles. The van der Waals surface area contributed by atoms with Crippen molar-refractivity contribution < 1.29 is 18.8 Å². The molecule has 1 N–H and O–H groups in total. The third-order valence-electron chi connectivity index (χ3n) is 4.96. The maximum absolute atomic E-state index is 13.1. The third kappa shape index (κ3) is 3.57. The molecule has 1 aromatic heterocycles. The second-order valence-corrected chi connectivity index (χ2v) is 7.18. The molecule has 2 heterocycles. The Labute approximate surface area is 172 Å². The van der Waals surface area contributed by atoms with Gasteiger partial charge >= 0.3 is 0 Å². The van der Waals surface area contributed by atoms with Crippen molar-refractivity contribution in [3.63, 3.8) is 0 Å². The molecule has 0 saturated heterocycles. The summed E-state index contributed by atoms with van der Waals surface area (Å²) in [5.41, 5.74) is 3.84. The maximum atomic E-state index is 13.1. The van der Waals surface area contributed by atoms with Crippen LogP contribution in [-0.2, 0) is 11.2 Å². The minimum Gasteiger partial charge on any atom is -0.324 e. The highest BCUT2D eigenvalue weighted by Gasteiger charge is 2.35. The Hall–Kier alpha value is -3.87. The number of nitrogens with one attached hydrogen (secondary N) is 1. The number of imide groups is 1. The van der Waals surface area contributed by atoms with E-state index in [1.807, 2.05) is 6.92 Å². The van der Waals surface area contributed by atoms with Crippen LogP contribution in [0.1, 0.15) is 31.8 Å². The van der Waals surface area contributed by atoms with Crippen LogP contribution >= 0.6 is 0 Å². The van der Waals surface area contributed by atoms with Crippen molar-refractivity contribution in [3.05, 3.63) is 82.8 Å². The molecule has 3 aromatic rings. The summed E-state index contributed by atoms with van der Waals surface area (Å²) in [7, 11) is 1.43. The van der Waals surface area contributed by atoms with E-state index in [2.05, 4.69) is 10.3 Å². The predicted molar refractivity (Wildman–Crippen MR) is 110 cm³/mol. The summed E-state index contributed by atoms with van der Waals surface area (Å²) >= 11 is 0. The molecule has 0 atom stereocenters. The average molecular weight is 403 g/mol. The Morgan fingerprint density at radius 2 is 1.80 bits per heavy atom. The summed E-state index contributed by atoms with van der Waals surface area (Å²) in [6.07, 6.45) is 1.47. The molecule has 3 amide bonds. The minimum absolute atomic E-state index is 0.0451. The Balaban J connectivity index is 1.51. The molecule has 0 aliphatic carbocycles. The van der Waals surface area contributed by atoms with Crippen LogP contribution in [-0.4, -0.2) is 34.7 Å². The van der Waals surface area contributed by atoms with Crippen LogP contribution in [0.4, 0.5) is 10.1 Å². The van der Waals surface area contributed by atoms with E-state index in [4.69, 9.17) is 0 Å². The van der Waals surface area contributed by atoms with E-state index in [-0.39, 0.29) is 29.6 Å². The lowest BCUT2D eigenvalue weighted by Crippen LogP contribution is -2.24. The lowest BCUT2D eigenvalue weighted by Gasteiger charge is -2.10. The number of pyridine rings is 1. The van der Waals surface area contributed by atoms with Gasteiger partial charge in [-0.2, -0.15) is 0 Å². The highest BCUT2D eigenvalue weighted by Crippen LogP contribution is 2.27. The Kier molecular flexibility index (Phi) is 4.87. The van der Waals surface area contributed by atoms with Crippen LogP contribution in [0.2, 0.25) is 0 Å². The van der Waals surface area contributed by atoms with Crippen molar-refractivity contribution in [3.8, 4) is 11.3 Å². The van der Waals surface area contributed by atoms with Crippen LogP contribution in [0.3, 0.4) is 0 Å². The zero-order valence-electron chi connectivity index (χ0n) is 16.4. The van der Waals surface area contributed by atoms with Gasteiger partial charge in [0.25, 0.3) is 11.8 Å². The molecule has 30 heavy (non-hydrogen) atoms. The topological polar surface area (TPSA) is 79.4 Å². The highest BCUT2D eigenvalue weighted by molar-refractivity contribution is 6.22. The Morgan fingerprint density at radius 1 is 1.07 bits per heavy atom. The number of nitrogens with zero attached hydrogens (tertiary/aromatic N) is 2. The minimum atomic E-state index is -0.400. The number of hydrogen-bond donors (Lipinski definition) is 1. The first-order valence-corrected chi connectivity index (χ1v) is 9.31. The number of amides is 3. The fourth-order valence-corrected chi connectivity index (χ4v) is 3.50. The normalized spacial score (nSPS) is 12.8. The summed E-state index contributed by atoms with van der Waals surface area (Å²) in [6, 6.07) is 12.8. The summed E-state index contributed by atoms with van der Waals surface area (Å²) < 4.78 is 13.1. The highest BCUT2D eigenvalue weighted by atomic mass is 19.1. The number of halogens is 1. The first-order chi connectivity index (χ1) is 14.3. The monoisotopic (exact) mass is 403 g/mol. The zero-order valence-corrected chi connectivity index (χ0v) is 16.4. The predicted octanol–water partition coefficient (Wildman–Crippen LogP) is 3.60. The van der Waals surface area contributed by atoms with Gasteiger partial charge in [0.2, 0.25) is 5.91 Å². The third-order valence-corrected chi connectivity index (χ3v) is 4.96. The Morgan fingerprint density at radius 3 is 2.47 bits per heavy atom. The van der Waals surface area contributed by atoms with E-state index in [0.717, 1.165) is 16.0 Å². The van der Waals surface area contributed by atoms with Gasteiger partial charge in [-0.3, -0.25) is 24.3 Å². The first-order valence-electron chi connectivity index (χ1n) is 9.31. The molecular formula is C23H18FN3O3. The standard InChI is InChI=1S/C23H18FN3O3/c1-13-9-15(21-18(10-13)22(29)27(2)23(21)30)11-20(28)26-17-7-8-19(25-12-17)14-3-5-16(24)6-4-14/h3-10,12H,11H2,1-2H3,(H,26,28). The second kappa shape index (κ2) is 7.51. The summed E-state index contributed by atoms with van der Waals surface area (Å²) in [4.78, 5) is 42.6. The van der Waals surface area contributed by atoms with Gasteiger partial charge in [-0.15, -0.1) is 0 Å². The van der Waals surface area contributed by atoms with Crippen LogP contribution in [0.15, 0.2) is 54.7 Å². The lowest BCUT2D eigenvalue weighted by molar-refractivity contribution is -0.115. The van der Waals surface area contributed by atoms with Gasteiger partial charge in [-0.1, -0.05) is 6.07 Å². The number of fused-ring (bicyclic) bond motifs is 1. The number of hydrogen-bond acceptors (Lipinski definition) is 4. The average Bonchev–Trinajstić information content (AvgIpc) is 2.93. The molecular weight excluding hydrogens is 385 g/mol. The van der Waals surface area contributed by atoms with Crippen LogP contribution in [0.5, 0.6) is 0 Å². The molecule has 0 radical (unpaired) electrons. The fraction of sp³-hybridized carbons (Fsp3) is 0.130. The van der Waals surface area contributed by atoms with Gasteiger partial charge in [0.05, 0.1) is 35.1 Å². The molecule has 0 unspecified atom stereocenters. The van der Waals surface area contributed by atoms with Gasteiger partial charge in [-0.05, 0) is 60.5 Å². The van der Waals surface area contributed by atoms with Crippen molar-refractivity contribution in [2.24, 2.45) is 0 Å². The van der Waals surface area contributed by atoms with Crippen molar-refractivity contribution in [1.29, 1.82) is 0 Å². The number of aromatic nitrogens is 1. The SMILES string of the molecule is Cc1cc(CC(=O)Nc2ccc(-c3ccc(F)cc3)nc2)c2c(c1)C(=O)N(C)C2=O. The van der Waals surface area contributed by atoms with Gasteiger partial charge in [0, 0.05) is 12.6 Å². The van der Waals surface area contributed by atoms with Gasteiger partial charge in [-0.25, -0.2) is 4.39 Å². The van der Waals surface area contributed by atoms with E-state index in [0.29, 0.717) is 22.5 Å². The molecule has 0 saturated carbocycles. The van der Waals surface area contributed by atoms with Crippen LogP contribution in [0, 0.1) is 12.7 Å². The van der Waals surface area contributed by atoms with Gasteiger partial charge in [0.1, 0.15) is 5.82 Å². The molecule has 150 valence electrons. The van der Waals surface area contributed by atoms with Crippen molar-refractivity contribution in [2.75, 3.05) is 12.4 Å². The number of anilines is 1. The number of rotatable bonds is 4. The van der Waals surface area contributed by atoms with E-state index < -0.39 is 5.91 Å². The lowest BCUT2D eigenvalue weighted by atomic mass is 9.97. The molecule has 0 bridgehead atoms. The Bertz CT molecular complexity index is 1170. The fourth-order valence-electron chi connectivity index (χ4n) is 3.50. The van der Waals surface area contributed by atoms with Crippen molar-refractivity contribution in [2.45, 2.75) is 13.3 Å². The second-order valence-electron chi connectivity index (χ2n) is 7.18. The molecule has 0 fully saturated rings. The molecule has 0 spiro atoms. The van der Waals surface area contributed by atoms with Crippen LogP contribution < -0.4 is 5.32 Å². The molecule has 1 aliphatic rings. The molecule has 6 nitrogen and oxygen atoms in total. The van der Waals surface area contributed by atoms with Crippen molar-refractivity contribution in [1.82, 2.24) is 9.88 Å². The summed E-state index contributed by atoms with van der Waals surface area (Å²) in [6.45, 7) is 1.82. The number of carbonyl (C=O) groups is 3. The van der Waals surface area contributed by atoms with E-state index in [9.17, 15) is 18.8 Å². The number of carbonyl (C=O) groups excluding carboxylic acids is 3. The maximum Gasteiger partial charge on any atom is 0.261 e. The smallest absolute Gasteiger partial charge is 0.261 e. The zero-order chi connectivity index (χ0) is 21.4. The quantitative estimate of drug-likeness (QED) is 0.675. The van der Waals surface area contributed by atoms with E-state index in [1.165, 1.54) is 25.4 Å². The van der Waals surface area contributed by atoms with Gasteiger partial charge < -0.3 is 5.32 Å².